The largest absolute Gasteiger partial charge is 1.00 e. The molecule has 0 saturated carbocycles. The van der Waals surface area contributed by atoms with Crippen LogP contribution in [0.2, 0.25) is 0 Å². The predicted molar refractivity (Wildman–Crippen MR) is 66.8 cm³/mol. The average Bonchev–Trinajstić information content (AvgIpc) is 2.37. The van der Waals surface area contributed by atoms with Crippen LogP contribution in [0, 0.1) is 0 Å². The minimum atomic E-state index is -1.08. The summed E-state index contributed by atoms with van der Waals surface area (Å²) in [6, 6.07) is 6.79. The third kappa shape index (κ3) is 6.32. The predicted octanol–water partition coefficient (Wildman–Crippen LogP) is -1.32. The first-order chi connectivity index (χ1) is 8.65. The first-order valence-corrected chi connectivity index (χ1v) is 5.87. The fourth-order valence-electron chi connectivity index (χ4n) is 1.36. The molecule has 1 amide bonds. The number of unbranched alkanes of at least 4 members (excludes halogenated alkanes) is 1. The molecule has 5 nitrogen and oxygen atoms in total. The van der Waals surface area contributed by atoms with Crippen LogP contribution in [-0.2, 0) is 4.79 Å². The van der Waals surface area contributed by atoms with E-state index in [1.807, 2.05) is 0 Å². The Morgan fingerprint density at radius 3 is 2.63 bits per heavy atom. The Labute approximate surface area is 124 Å². The van der Waals surface area contributed by atoms with Gasteiger partial charge < -0.3 is 15.2 Å². The number of hydrogen-bond acceptors (Lipinski definition) is 3. The van der Waals surface area contributed by atoms with Crippen LogP contribution in [0.1, 0.15) is 30.1 Å². The number of hydrogen-bond donors (Lipinski definition) is 2. The van der Waals surface area contributed by atoms with E-state index in [9.17, 15) is 9.59 Å². The Bertz CT molecular complexity index is 423. The number of carboxylic acids is 1. The standard InChI is InChI=1S/C13H17NO4.Li/c1-2-3-8-18-11-7-5-4-6-10(11)13(17)14-9-12(15)16;/h4-7H,2-3,8-9H2,1H3,(H,14,17)(H,15,16);/q;+1. The molecule has 1 aromatic rings. The van der Waals surface area contributed by atoms with E-state index in [4.69, 9.17) is 9.84 Å². The summed E-state index contributed by atoms with van der Waals surface area (Å²) in [5.74, 6) is -1.04. The van der Waals surface area contributed by atoms with Crippen LogP contribution in [0.3, 0.4) is 0 Å². The summed E-state index contributed by atoms with van der Waals surface area (Å²) >= 11 is 0. The minimum Gasteiger partial charge on any atom is -0.493 e. The molecule has 0 heterocycles. The molecule has 0 radical (unpaired) electrons. The van der Waals surface area contributed by atoms with Crippen molar-refractivity contribution < 1.29 is 38.3 Å². The maximum atomic E-state index is 11.7. The number of carbonyl (C=O) groups is 2. The van der Waals surface area contributed by atoms with E-state index in [1.54, 1.807) is 24.3 Å². The van der Waals surface area contributed by atoms with Crippen molar-refractivity contribution in [3.63, 3.8) is 0 Å². The summed E-state index contributed by atoms with van der Waals surface area (Å²) in [6.07, 6.45) is 1.92. The van der Waals surface area contributed by atoms with Crippen molar-refractivity contribution in [3.05, 3.63) is 29.8 Å². The van der Waals surface area contributed by atoms with Crippen molar-refractivity contribution in [2.75, 3.05) is 13.2 Å². The number of carboxylic acid groups (broad SMARTS) is 1. The summed E-state index contributed by atoms with van der Waals surface area (Å²) in [7, 11) is 0. The van der Waals surface area contributed by atoms with Gasteiger partial charge in [0, 0.05) is 0 Å². The SMILES string of the molecule is CCCCOc1ccccc1C(=O)NCC(=O)O.[Li+]. The van der Waals surface area contributed by atoms with E-state index >= 15 is 0 Å². The molecule has 2 N–H and O–H groups in total. The zero-order valence-corrected chi connectivity index (χ0v) is 11.3. The van der Waals surface area contributed by atoms with Crippen molar-refractivity contribution in [2.45, 2.75) is 19.8 Å². The van der Waals surface area contributed by atoms with Gasteiger partial charge in [-0.05, 0) is 18.6 Å². The van der Waals surface area contributed by atoms with Crippen LogP contribution in [0.4, 0.5) is 0 Å². The van der Waals surface area contributed by atoms with Crippen LogP contribution >= 0.6 is 0 Å². The molecule has 0 aromatic heterocycles. The van der Waals surface area contributed by atoms with Crippen molar-refractivity contribution in [2.24, 2.45) is 0 Å². The summed E-state index contributed by atoms with van der Waals surface area (Å²) in [5.41, 5.74) is 0.356. The molecule has 0 aliphatic heterocycles. The molecule has 0 spiro atoms. The number of amides is 1. The molecule has 0 fully saturated rings. The quantitative estimate of drug-likeness (QED) is 0.470. The molecule has 98 valence electrons. The molecular weight excluding hydrogens is 241 g/mol. The van der Waals surface area contributed by atoms with Crippen molar-refractivity contribution in [1.82, 2.24) is 5.32 Å². The monoisotopic (exact) mass is 258 g/mol. The minimum absolute atomic E-state index is 0. The third-order valence-corrected chi connectivity index (χ3v) is 2.29. The van der Waals surface area contributed by atoms with Gasteiger partial charge in [-0.1, -0.05) is 25.5 Å². The van der Waals surface area contributed by atoms with E-state index in [1.165, 1.54) is 0 Å². The van der Waals surface area contributed by atoms with E-state index in [0.29, 0.717) is 17.9 Å². The number of para-hydroxylation sites is 1. The summed E-state index contributed by atoms with van der Waals surface area (Å²) in [5, 5.41) is 10.8. The van der Waals surface area contributed by atoms with E-state index < -0.39 is 18.4 Å². The molecular formula is C13H17LiNO4+. The van der Waals surface area contributed by atoms with Crippen LogP contribution < -0.4 is 28.9 Å². The zero-order valence-electron chi connectivity index (χ0n) is 11.3. The second-order valence-electron chi connectivity index (χ2n) is 3.77. The van der Waals surface area contributed by atoms with Gasteiger partial charge >= 0.3 is 24.8 Å². The first-order valence-electron chi connectivity index (χ1n) is 5.87. The maximum absolute atomic E-state index is 11.7. The molecule has 19 heavy (non-hydrogen) atoms. The Morgan fingerprint density at radius 1 is 1.32 bits per heavy atom. The molecule has 0 bridgehead atoms. The van der Waals surface area contributed by atoms with Gasteiger partial charge in [-0.3, -0.25) is 9.59 Å². The molecule has 1 aromatic carbocycles. The van der Waals surface area contributed by atoms with Crippen molar-refractivity contribution in [1.29, 1.82) is 0 Å². The van der Waals surface area contributed by atoms with Crippen molar-refractivity contribution >= 4 is 11.9 Å². The fraction of sp³-hybridized carbons (Fsp3) is 0.385. The number of ether oxygens (including phenoxy) is 1. The Balaban J connectivity index is 0.00000324. The van der Waals surface area contributed by atoms with Gasteiger partial charge in [0.15, 0.2) is 0 Å². The number of aliphatic carboxylic acids is 1. The third-order valence-electron chi connectivity index (χ3n) is 2.29. The van der Waals surface area contributed by atoms with Gasteiger partial charge in [0.1, 0.15) is 12.3 Å². The van der Waals surface area contributed by atoms with Crippen LogP contribution in [0.25, 0.3) is 0 Å². The Kier molecular flexibility index (Phi) is 8.76. The number of benzene rings is 1. The van der Waals surface area contributed by atoms with Gasteiger partial charge in [-0.2, -0.15) is 0 Å². The fourth-order valence-corrected chi connectivity index (χ4v) is 1.36. The summed E-state index contributed by atoms with van der Waals surface area (Å²) < 4.78 is 5.50. The van der Waals surface area contributed by atoms with E-state index in [0.717, 1.165) is 12.8 Å². The number of carbonyl (C=O) groups excluding carboxylic acids is 1. The molecule has 0 aliphatic carbocycles. The van der Waals surface area contributed by atoms with Gasteiger partial charge in [-0.15, -0.1) is 0 Å². The van der Waals surface area contributed by atoms with E-state index in [2.05, 4.69) is 12.2 Å². The second kappa shape index (κ2) is 9.48. The van der Waals surface area contributed by atoms with Crippen LogP contribution in [0.5, 0.6) is 5.75 Å². The van der Waals surface area contributed by atoms with E-state index in [-0.39, 0.29) is 18.9 Å². The Morgan fingerprint density at radius 2 is 2.00 bits per heavy atom. The molecule has 0 atom stereocenters. The van der Waals surface area contributed by atoms with Gasteiger partial charge in [0.05, 0.1) is 12.2 Å². The smallest absolute Gasteiger partial charge is 0.493 e. The molecule has 0 aliphatic rings. The molecule has 0 saturated heterocycles. The van der Waals surface area contributed by atoms with Gasteiger partial charge in [0.25, 0.3) is 5.91 Å². The van der Waals surface area contributed by atoms with Gasteiger partial charge in [-0.25, -0.2) is 0 Å². The maximum Gasteiger partial charge on any atom is 1.00 e. The van der Waals surface area contributed by atoms with Gasteiger partial charge in [0.2, 0.25) is 0 Å². The number of rotatable bonds is 7. The average molecular weight is 258 g/mol. The summed E-state index contributed by atoms with van der Waals surface area (Å²) in [4.78, 5) is 22.1. The molecule has 6 heteroatoms. The number of nitrogens with one attached hydrogen (secondary N) is 1. The van der Waals surface area contributed by atoms with Crippen LogP contribution in [-0.4, -0.2) is 30.1 Å². The molecule has 0 unspecified atom stereocenters. The normalized spacial score (nSPS) is 9.32. The molecule has 1 rings (SSSR count). The first kappa shape index (κ1) is 17.6. The van der Waals surface area contributed by atoms with Crippen molar-refractivity contribution in [3.8, 4) is 5.75 Å². The van der Waals surface area contributed by atoms with Crippen LogP contribution in [0.15, 0.2) is 24.3 Å². The zero-order chi connectivity index (χ0) is 13.4. The topological polar surface area (TPSA) is 75.6 Å². The Hall–Kier alpha value is -1.44. The second-order valence-corrected chi connectivity index (χ2v) is 3.77. The summed E-state index contributed by atoms with van der Waals surface area (Å²) in [6.45, 7) is 2.19.